The number of H-pyrrole nitrogens is 1. The number of aryl methyl sites for hydroxylation is 1. The van der Waals surface area contributed by atoms with Gasteiger partial charge in [0.15, 0.2) is 11.2 Å². The minimum Gasteiger partial charge on any atom is -0.301 e. The van der Waals surface area contributed by atoms with Crippen molar-refractivity contribution in [3.05, 3.63) is 20.8 Å². The van der Waals surface area contributed by atoms with E-state index in [0.29, 0.717) is 17.5 Å². The summed E-state index contributed by atoms with van der Waals surface area (Å²) in [4.78, 5) is 33.4. The Morgan fingerprint density at radius 3 is 2.53 bits per heavy atom. The van der Waals surface area contributed by atoms with Crippen molar-refractivity contribution in [2.45, 2.75) is 6.54 Å². The van der Waals surface area contributed by atoms with Crippen molar-refractivity contribution < 1.29 is 4.79 Å². The number of aromatic amines is 1. The Hall–Kier alpha value is -2.05. The fraction of sp³-hybridized carbons (Fsp3) is 0.375. The second-order valence-electron chi connectivity index (χ2n) is 3.29. The third-order valence-electron chi connectivity index (χ3n) is 2.41. The van der Waals surface area contributed by atoms with Gasteiger partial charge in [-0.2, -0.15) is 0 Å². The Morgan fingerprint density at radius 2 is 1.93 bits per heavy atom. The van der Waals surface area contributed by atoms with Crippen LogP contribution in [0.3, 0.4) is 0 Å². The minimum atomic E-state index is -0.395. The highest BCUT2D eigenvalue weighted by molar-refractivity contribution is 5.73. The molecule has 0 aliphatic heterocycles. The third-order valence-corrected chi connectivity index (χ3v) is 2.41. The van der Waals surface area contributed by atoms with Crippen LogP contribution in [-0.2, 0) is 25.4 Å². The first-order chi connectivity index (χ1) is 7.07. The van der Waals surface area contributed by atoms with Crippen LogP contribution in [0.25, 0.3) is 11.2 Å². The van der Waals surface area contributed by atoms with Crippen molar-refractivity contribution in [2.75, 3.05) is 0 Å². The molecule has 0 aliphatic rings. The van der Waals surface area contributed by atoms with Crippen molar-refractivity contribution in [1.82, 2.24) is 18.9 Å². The van der Waals surface area contributed by atoms with Crippen LogP contribution < -0.4 is 11.2 Å². The molecule has 1 N–H and O–H groups in total. The lowest BCUT2D eigenvalue weighted by Crippen LogP contribution is -2.41. The van der Waals surface area contributed by atoms with Crippen LogP contribution in [0.5, 0.6) is 0 Å². The molecule has 0 aromatic carbocycles. The summed E-state index contributed by atoms with van der Waals surface area (Å²) in [6.07, 6.45) is 0.681. The first-order valence-electron chi connectivity index (χ1n) is 4.35. The summed E-state index contributed by atoms with van der Waals surface area (Å²) < 4.78 is 3.75. The molecule has 80 valence electrons. The van der Waals surface area contributed by atoms with E-state index in [9.17, 15) is 14.4 Å². The molecule has 0 amide bonds. The molecule has 0 spiro atoms. The molecular weight excluding hydrogens is 200 g/mol. The highest BCUT2D eigenvalue weighted by Gasteiger charge is 2.15. The van der Waals surface area contributed by atoms with Gasteiger partial charge >= 0.3 is 5.69 Å². The third kappa shape index (κ3) is 1.09. The quantitative estimate of drug-likeness (QED) is 0.617. The highest BCUT2D eigenvalue weighted by atomic mass is 16.2. The molecule has 2 aromatic heterocycles. The van der Waals surface area contributed by atoms with Crippen LogP contribution in [-0.4, -0.2) is 25.2 Å². The van der Waals surface area contributed by atoms with Gasteiger partial charge in [0.25, 0.3) is 5.56 Å². The maximum atomic E-state index is 11.7. The van der Waals surface area contributed by atoms with E-state index >= 15 is 0 Å². The topological polar surface area (TPSA) is 81.8 Å². The lowest BCUT2D eigenvalue weighted by molar-refractivity contribution is -0.108. The van der Waals surface area contributed by atoms with Gasteiger partial charge in [-0.05, 0) is 0 Å². The van der Waals surface area contributed by atoms with E-state index < -0.39 is 11.2 Å². The van der Waals surface area contributed by atoms with Crippen LogP contribution >= 0.6 is 0 Å². The second kappa shape index (κ2) is 2.97. The van der Waals surface area contributed by atoms with E-state index in [1.807, 2.05) is 0 Å². The average molecular weight is 210 g/mol. The van der Waals surface area contributed by atoms with E-state index in [-0.39, 0.29) is 6.54 Å². The smallest absolute Gasteiger partial charge is 0.301 e. The minimum absolute atomic E-state index is 0.0838. The molecule has 0 atom stereocenters. The van der Waals surface area contributed by atoms with Gasteiger partial charge in [0, 0.05) is 14.1 Å². The molecule has 2 heterocycles. The van der Waals surface area contributed by atoms with Crippen LogP contribution in [0.1, 0.15) is 0 Å². The molecule has 2 aromatic rings. The Kier molecular flexibility index (Phi) is 1.88. The van der Waals surface area contributed by atoms with Gasteiger partial charge in [0.05, 0.1) is 6.54 Å². The highest BCUT2D eigenvalue weighted by Crippen LogP contribution is 2.05. The van der Waals surface area contributed by atoms with Gasteiger partial charge in [-0.15, -0.1) is 0 Å². The number of aldehydes is 1. The van der Waals surface area contributed by atoms with E-state index in [0.717, 1.165) is 4.57 Å². The molecule has 0 aliphatic carbocycles. The largest absolute Gasteiger partial charge is 0.332 e. The molecule has 0 saturated heterocycles. The van der Waals surface area contributed by atoms with Crippen molar-refractivity contribution >= 4 is 17.5 Å². The molecule has 0 bridgehead atoms. The number of carbonyl (C=O) groups excluding carboxylic acids is 1. The zero-order valence-electron chi connectivity index (χ0n) is 8.35. The van der Waals surface area contributed by atoms with Gasteiger partial charge in [0.1, 0.15) is 6.29 Å². The van der Waals surface area contributed by atoms with Gasteiger partial charge < -0.3 is 4.79 Å². The number of nitrogens with zero attached hydrogens (tertiary/aromatic N) is 3. The molecule has 15 heavy (non-hydrogen) atoms. The maximum Gasteiger partial charge on any atom is 0.332 e. The number of rotatable bonds is 2. The zero-order chi connectivity index (χ0) is 11.2. The summed E-state index contributed by atoms with van der Waals surface area (Å²) in [5.74, 6) is 0. The van der Waals surface area contributed by atoms with Crippen molar-refractivity contribution in [2.24, 2.45) is 14.1 Å². The number of nitrogens with one attached hydrogen (secondary N) is 1. The lowest BCUT2D eigenvalue weighted by atomic mass is 10.4. The van der Waals surface area contributed by atoms with Crippen LogP contribution in [0.4, 0.5) is 0 Å². The summed E-state index contributed by atoms with van der Waals surface area (Å²) in [6.45, 7) is 0.0838. The van der Waals surface area contributed by atoms with Crippen LogP contribution in [0, 0.1) is 0 Å². The standard InChI is InChI=1S/C8H10N4O3/c1-10-6-5(12(9-6)3-4-13)7(14)11(2)8(10)15/h4,9H,3H2,1-2H3. The number of hydrogen-bond donors (Lipinski definition) is 1. The molecular formula is C8H10N4O3. The molecule has 0 saturated carbocycles. The summed E-state index contributed by atoms with van der Waals surface area (Å²) in [5.41, 5.74) is 0.0161. The van der Waals surface area contributed by atoms with Crippen molar-refractivity contribution in [1.29, 1.82) is 0 Å². The molecule has 2 rings (SSSR count). The van der Waals surface area contributed by atoms with Crippen LogP contribution in [0.15, 0.2) is 9.59 Å². The number of aromatic nitrogens is 4. The summed E-state index contributed by atoms with van der Waals surface area (Å²) >= 11 is 0. The predicted octanol–water partition coefficient (Wildman–Crippen LogP) is -1.43. The Labute approximate surface area is 83.5 Å². The number of fused-ring (bicyclic) bond motifs is 1. The summed E-state index contributed by atoms with van der Waals surface area (Å²) in [7, 11) is 2.97. The van der Waals surface area contributed by atoms with Gasteiger partial charge in [-0.1, -0.05) is 0 Å². The fourth-order valence-corrected chi connectivity index (χ4v) is 1.54. The SMILES string of the molecule is Cn1c(=O)c2c([nH]n2CC=O)n(C)c1=O. The zero-order valence-corrected chi connectivity index (χ0v) is 8.35. The normalized spacial score (nSPS) is 11.1. The van der Waals surface area contributed by atoms with Crippen molar-refractivity contribution in [3.8, 4) is 0 Å². The second-order valence-corrected chi connectivity index (χ2v) is 3.29. The van der Waals surface area contributed by atoms with Gasteiger partial charge in [0.2, 0.25) is 0 Å². The number of hydrogen-bond acceptors (Lipinski definition) is 3. The number of carbonyl (C=O) groups is 1. The van der Waals surface area contributed by atoms with Gasteiger partial charge in [-0.3, -0.25) is 23.7 Å². The van der Waals surface area contributed by atoms with E-state index in [1.54, 1.807) is 7.05 Å². The predicted molar refractivity (Wildman–Crippen MR) is 52.8 cm³/mol. The van der Waals surface area contributed by atoms with E-state index in [1.165, 1.54) is 16.3 Å². The van der Waals surface area contributed by atoms with E-state index in [4.69, 9.17) is 0 Å². The van der Waals surface area contributed by atoms with Gasteiger partial charge in [-0.25, -0.2) is 4.79 Å². The summed E-state index contributed by atoms with van der Waals surface area (Å²) in [6, 6.07) is 0. The molecule has 7 nitrogen and oxygen atoms in total. The first kappa shape index (κ1) is 9.50. The Balaban J connectivity index is 2.86. The Bertz CT molecular complexity index is 639. The Morgan fingerprint density at radius 1 is 1.27 bits per heavy atom. The van der Waals surface area contributed by atoms with E-state index in [2.05, 4.69) is 5.10 Å². The average Bonchev–Trinajstić information content (AvgIpc) is 2.18. The molecule has 7 heteroatoms. The lowest BCUT2D eigenvalue weighted by Gasteiger charge is -2.16. The fourth-order valence-electron chi connectivity index (χ4n) is 1.54. The first-order valence-corrected chi connectivity index (χ1v) is 4.35. The van der Waals surface area contributed by atoms with Crippen LogP contribution in [0.2, 0.25) is 0 Å². The maximum absolute atomic E-state index is 11.7. The monoisotopic (exact) mass is 210 g/mol. The summed E-state index contributed by atoms with van der Waals surface area (Å²) in [5, 5.41) is 2.75. The van der Waals surface area contributed by atoms with Crippen molar-refractivity contribution in [3.63, 3.8) is 0 Å². The molecule has 0 fully saturated rings. The molecule has 0 radical (unpaired) electrons. The molecule has 0 unspecified atom stereocenters.